The first-order valence-electron chi connectivity index (χ1n) is 10.4. The molecule has 1 saturated heterocycles. The van der Waals surface area contributed by atoms with E-state index >= 15 is 0 Å². The van der Waals surface area contributed by atoms with Crippen molar-refractivity contribution in [3.05, 3.63) is 40.4 Å². The van der Waals surface area contributed by atoms with Crippen molar-refractivity contribution < 1.29 is 0 Å². The maximum Gasteiger partial charge on any atom is 0.134 e. The van der Waals surface area contributed by atoms with E-state index in [1.807, 2.05) is 12.1 Å². The van der Waals surface area contributed by atoms with Crippen molar-refractivity contribution in [3.63, 3.8) is 0 Å². The summed E-state index contributed by atoms with van der Waals surface area (Å²) in [4.78, 5) is 19.6. The van der Waals surface area contributed by atoms with E-state index in [0.717, 1.165) is 47.9 Å². The van der Waals surface area contributed by atoms with Gasteiger partial charge in [-0.1, -0.05) is 42.5 Å². The minimum atomic E-state index is 0.150. The zero-order chi connectivity index (χ0) is 19.8. The van der Waals surface area contributed by atoms with Crippen molar-refractivity contribution in [2.24, 2.45) is 0 Å². The van der Waals surface area contributed by atoms with Crippen LogP contribution in [0.15, 0.2) is 24.5 Å². The molecular weight excluding hydrogens is 407 g/mol. The zero-order valence-electron chi connectivity index (χ0n) is 16.2. The first-order chi connectivity index (χ1) is 14.2. The molecule has 3 heterocycles. The lowest BCUT2D eigenvalue weighted by Gasteiger charge is -2.26. The molecule has 2 N–H and O–H groups in total. The first kappa shape index (κ1) is 18.9. The number of nitrogens with one attached hydrogen (secondary N) is 2. The van der Waals surface area contributed by atoms with E-state index in [1.165, 1.54) is 32.1 Å². The molecule has 1 saturated carbocycles. The van der Waals surface area contributed by atoms with Gasteiger partial charge in [0, 0.05) is 18.7 Å². The Hall–Kier alpha value is -2.05. The van der Waals surface area contributed by atoms with E-state index in [-0.39, 0.29) is 6.04 Å². The van der Waals surface area contributed by atoms with Crippen LogP contribution < -0.4 is 10.2 Å². The van der Waals surface area contributed by atoms with Crippen LogP contribution in [0.2, 0.25) is 10.0 Å². The molecule has 0 radical (unpaired) electrons. The molecule has 1 aliphatic carbocycles. The lowest BCUT2D eigenvalue weighted by Crippen LogP contribution is -2.26. The third-order valence-corrected chi connectivity index (χ3v) is 6.74. The number of hydrogen-bond acceptors (Lipinski definition) is 5. The summed E-state index contributed by atoms with van der Waals surface area (Å²) in [6.07, 6.45) is 10.2. The summed E-state index contributed by atoms with van der Waals surface area (Å²) in [6, 6.07) is 6.40. The van der Waals surface area contributed by atoms with Crippen LogP contribution in [0.25, 0.3) is 11.0 Å². The summed E-state index contributed by atoms with van der Waals surface area (Å²) >= 11 is 12.3. The highest BCUT2D eigenvalue weighted by molar-refractivity contribution is 6.42. The highest BCUT2D eigenvalue weighted by atomic mass is 35.5. The number of aromatic amines is 1. The molecule has 0 spiro atoms. The van der Waals surface area contributed by atoms with E-state index in [9.17, 15) is 0 Å². The Morgan fingerprint density at radius 2 is 1.79 bits per heavy atom. The average Bonchev–Trinajstić information content (AvgIpc) is 3.36. The maximum atomic E-state index is 6.16. The number of nitrogens with zero attached hydrogens (tertiary/aromatic N) is 4. The number of rotatable bonds is 4. The molecule has 2 fully saturated rings. The molecule has 1 aromatic carbocycles. The Morgan fingerprint density at radius 3 is 2.66 bits per heavy atom. The van der Waals surface area contributed by atoms with Gasteiger partial charge >= 0.3 is 0 Å². The molecule has 152 valence electrons. The number of halogens is 2. The minimum Gasteiger partial charge on any atom is -0.367 e. The molecule has 0 unspecified atom stereocenters. The Morgan fingerprint density at radius 1 is 0.966 bits per heavy atom. The van der Waals surface area contributed by atoms with Crippen LogP contribution in [0.1, 0.15) is 56.8 Å². The lowest BCUT2D eigenvalue weighted by atomic mass is 9.95. The van der Waals surface area contributed by atoms with Crippen LogP contribution in [0.3, 0.4) is 0 Å². The fraction of sp³-hybridized carbons (Fsp3) is 0.476. The second kappa shape index (κ2) is 8.00. The van der Waals surface area contributed by atoms with Gasteiger partial charge in [-0.05, 0) is 37.8 Å². The number of hydrogen-bond donors (Lipinski definition) is 2. The highest BCUT2D eigenvalue weighted by Gasteiger charge is 2.30. The summed E-state index contributed by atoms with van der Waals surface area (Å²) in [5, 5.41) is 4.66. The Labute approximate surface area is 180 Å². The van der Waals surface area contributed by atoms with E-state index in [0.29, 0.717) is 16.1 Å². The molecule has 3 aromatic rings. The third kappa shape index (κ3) is 3.88. The Bertz CT molecular complexity index is 975. The van der Waals surface area contributed by atoms with Crippen LogP contribution >= 0.6 is 23.2 Å². The molecule has 0 amide bonds. The van der Waals surface area contributed by atoms with Gasteiger partial charge in [0.2, 0.25) is 0 Å². The third-order valence-electron chi connectivity index (χ3n) is 6.01. The summed E-state index contributed by atoms with van der Waals surface area (Å²) in [6.45, 7) is 0.948. The van der Waals surface area contributed by atoms with Crippen molar-refractivity contribution in [3.8, 4) is 0 Å². The monoisotopic (exact) mass is 430 g/mol. The molecule has 8 heteroatoms. The van der Waals surface area contributed by atoms with E-state index in [1.54, 1.807) is 6.33 Å². The topological polar surface area (TPSA) is 69.7 Å². The summed E-state index contributed by atoms with van der Waals surface area (Å²) in [7, 11) is 0. The van der Waals surface area contributed by atoms with Crippen LogP contribution in [0, 0.1) is 0 Å². The first-order valence-corrected chi connectivity index (χ1v) is 11.1. The lowest BCUT2D eigenvalue weighted by molar-refractivity contribution is 0.462. The maximum absolute atomic E-state index is 6.16. The molecule has 1 aliphatic heterocycles. The molecule has 29 heavy (non-hydrogen) atoms. The quantitative estimate of drug-likeness (QED) is 0.551. The highest BCUT2D eigenvalue weighted by Crippen LogP contribution is 2.36. The van der Waals surface area contributed by atoms with Gasteiger partial charge in [-0.3, -0.25) is 0 Å². The smallest absolute Gasteiger partial charge is 0.134 e. The Balaban J connectivity index is 1.40. The number of anilines is 2. The van der Waals surface area contributed by atoms with Crippen LogP contribution in [-0.2, 0) is 0 Å². The predicted molar refractivity (Wildman–Crippen MR) is 118 cm³/mol. The van der Waals surface area contributed by atoms with Crippen molar-refractivity contribution in [1.82, 2.24) is 19.9 Å². The molecule has 2 aromatic heterocycles. The number of aromatic nitrogens is 4. The normalized spacial score (nSPS) is 20.5. The fourth-order valence-electron chi connectivity index (χ4n) is 4.55. The van der Waals surface area contributed by atoms with Crippen molar-refractivity contribution in [2.45, 2.75) is 57.0 Å². The van der Waals surface area contributed by atoms with Crippen molar-refractivity contribution in [2.75, 3.05) is 16.8 Å². The van der Waals surface area contributed by atoms with Gasteiger partial charge < -0.3 is 15.2 Å². The molecule has 0 bridgehead atoms. The van der Waals surface area contributed by atoms with E-state index < -0.39 is 0 Å². The van der Waals surface area contributed by atoms with E-state index in [2.05, 4.69) is 31.2 Å². The van der Waals surface area contributed by atoms with Gasteiger partial charge in [-0.15, -0.1) is 0 Å². The zero-order valence-corrected chi connectivity index (χ0v) is 17.7. The van der Waals surface area contributed by atoms with Gasteiger partial charge in [0.05, 0.1) is 27.1 Å². The van der Waals surface area contributed by atoms with Crippen LogP contribution in [0.4, 0.5) is 11.6 Å². The van der Waals surface area contributed by atoms with Gasteiger partial charge in [-0.25, -0.2) is 15.0 Å². The molecule has 5 rings (SSSR count). The predicted octanol–water partition coefficient (Wildman–Crippen LogP) is 5.75. The van der Waals surface area contributed by atoms with Crippen LogP contribution in [0.5, 0.6) is 0 Å². The molecule has 1 atom stereocenters. The summed E-state index contributed by atoms with van der Waals surface area (Å²) in [5.74, 6) is 2.78. The minimum absolute atomic E-state index is 0.150. The van der Waals surface area contributed by atoms with Crippen molar-refractivity contribution in [1.29, 1.82) is 0 Å². The average molecular weight is 431 g/mol. The summed E-state index contributed by atoms with van der Waals surface area (Å²) in [5.41, 5.74) is 1.74. The van der Waals surface area contributed by atoms with Gasteiger partial charge in [-0.2, -0.15) is 0 Å². The number of benzene rings is 1. The molecular formula is C21H24Cl2N6. The summed E-state index contributed by atoms with van der Waals surface area (Å²) < 4.78 is 0. The second-order valence-electron chi connectivity index (χ2n) is 8.00. The molecule has 2 aliphatic rings. The van der Waals surface area contributed by atoms with Gasteiger partial charge in [0.1, 0.15) is 23.8 Å². The number of fused-ring (bicyclic) bond motifs is 1. The SMILES string of the molecule is Clc1cc2nc([C@@H]3CCCN3c3cc(NC4CCCCC4)ncn3)[nH]c2cc1Cl. The largest absolute Gasteiger partial charge is 0.367 e. The number of H-pyrrole nitrogens is 1. The van der Waals surface area contributed by atoms with Gasteiger partial charge in [0.25, 0.3) is 0 Å². The van der Waals surface area contributed by atoms with Crippen molar-refractivity contribution >= 4 is 45.9 Å². The van der Waals surface area contributed by atoms with Gasteiger partial charge in [0.15, 0.2) is 0 Å². The fourth-order valence-corrected chi connectivity index (χ4v) is 4.87. The van der Waals surface area contributed by atoms with E-state index in [4.69, 9.17) is 28.2 Å². The number of imidazole rings is 1. The second-order valence-corrected chi connectivity index (χ2v) is 8.81. The molecule has 6 nitrogen and oxygen atoms in total. The van der Waals surface area contributed by atoms with Crippen LogP contribution in [-0.4, -0.2) is 32.5 Å². The Kier molecular flexibility index (Phi) is 5.22. The standard InChI is InChI=1S/C21H24Cl2N6/c22-14-9-16-17(10-15(14)23)28-21(27-16)18-7-4-8-29(18)20-11-19(24-12-25-20)26-13-5-2-1-3-6-13/h9-13,18H,1-8H2,(H,27,28)(H,24,25,26)/t18-/m0/s1.